The Bertz CT molecular complexity index is 723. The first-order chi connectivity index (χ1) is 10.7. The van der Waals surface area contributed by atoms with E-state index in [1.807, 2.05) is 17.7 Å². The van der Waals surface area contributed by atoms with Crippen LogP contribution in [0.5, 0.6) is 5.75 Å². The smallest absolute Gasteiger partial charge is 0.406 e. The molecule has 1 aromatic heterocycles. The minimum atomic E-state index is -4.72. The zero-order valence-corrected chi connectivity index (χ0v) is 14.1. The van der Waals surface area contributed by atoms with E-state index in [4.69, 9.17) is 0 Å². The van der Waals surface area contributed by atoms with E-state index >= 15 is 0 Å². The number of benzene rings is 1. The third kappa shape index (κ3) is 3.08. The molecule has 0 N–H and O–H groups in total. The molecule has 0 aliphatic heterocycles. The number of rotatable bonds is 3. The van der Waals surface area contributed by atoms with Crippen LogP contribution in [0.4, 0.5) is 13.2 Å². The average Bonchev–Trinajstić information content (AvgIpc) is 2.78. The van der Waals surface area contributed by atoms with E-state index in [0.717, 1.165) is 24.2 Å². The summed E-state index contributed by atoms with van der Waals surface area (Å²) in [5.41, 5.74) is 0.318. The zero-order valence-electron chi connectivity index (χ0n) is 12.6. The van der Waals surface area contributed by atoms with E-state index in [2.05, 4.69) is 37.8 Å². The predicted molar refractivity (Wildman–Crippen MR) is 81.0 cm³/mol. The van der Waals surface area contributed by atoms with Crippen molar-refractivity contribution in [3.8, 4) is 5.75 Å². The van der Waals surface area contributed by atoms with Gasteiger partial charge in [0.25, 0.3) is 0 Å². The van der Waals surface area contributed by atoms with E-state index in [9.17, 15) is 13.2 Å². The monoisotopic (exact) mass is 389 g/mol. The maximum absolute atomic E-state index is 12.5. The Morgan fingerprint density at radius 2 is 2.00 bits per heavy atom. The molecule has 0 radical (unpaired) electrons. The number of alkyl halides is 3. The maximum Gasteiger partial charge on any atom is 0.573 e. The molecule has 8 heteroatoms. The lowest BCUT2D eigenvalue weighted by atomic mass is 9.58. The van der Waals surface area contributed by atoms with Gasteiger partial charge in [-0.3, -0.25) is 0 Å². The first-order valence-electron chi connectivity index (χ1n) is 7.11. The molecule has 1 aromatic carbocycles. The Morgan fingerprint density at radius 1 is 1.30 bits per heavy atom. The highest BCUT2D eigenvalue weighted by atomic mass is 79.9. The van der Waals surface area contributed by atoms with Crippen molar-refractivity contribution in [2.24, 2.45) is 13.0 Å². The van der Waals surface area contributed by atoms with Gasteiger partial charge in [-0.1, -0.05) is 22.9 Å². The molecule has 2 aromatic rings. The molecular formula is C15H15BrF3N3O. The summed E-state index contributed by atoms with van der Waals surface area (Å²) < 4.78 is 44.0. The molecule has 1 heterocycles. The SMILES string of the molecule is CC1CC(c2cc(Br)cc(OC(F)(F)F)c2)(c2nncn2C)C1. The number of halogens is 4. The van der Waals surface area contributed by atoms with Gasteiger partial charge in [-0.05, 0) is 42.5 Å². The van der Waals surface area contributed by atoms with E-state index in [-0.39, 0.29) is 5.75 Å². The molecule has 1 aliphatic carbocycles. The summed E-state index contributed by atoms with van der Waals surface area (Å²) in [5.74, 6) is 0.993. The molecule has 1 fully saturated rings. The van der Waals surface area contributed by atoms with Crippen LogP contribution in [0.25, 0.3) is 0 Å². The third-order valence-electron chi connectivity index (χ3n) is 4.19. The van der Waals surface area contributed by atoms with Crippen molar-refractivity contribution in [3.05, 3.63) is 40.4 Å². The van der Waals surface area contributed by atoms with E-state index < -0.39 is 11.8 Å². The van der Waals surface area contributed by atoms with Gasteiger partial charge >= 0.3 is 6.36 Å². The minimum absolute atomic E-state index is 0.233. The average molecular weight is 390 g/mol. The van der Waals surface area contributed by atoms with Crippen LogP contribution in [0.1, 0.15) is 31.2 Å². The molecule has 1 saturated carbocycles. The minimum Gasteiger partial charge on any atom is -0.406 e. The van der Waals surface area contributed by atoms with Crippen molar-refractivity contribution < 1.29 is 17.9 Å². The lowest BCUT2D eigenvalue weighted by Gasteiger charge is -2.46. The van der Waals surface area contributed by atoms with Gasteiger partial charge in [0.2, 0.25) is 0 Å². The summed E-state index contributed by atoms with van der Waals surface area (Å²) in [6, 6.07) is 4.58. The molecule has 0 spiro atoms. The van der Waals surface area contributed by atoms with Gasteiger partial charge in [0.05, 0.1) is 5.41 Å². The Labute approximate surface area is 139 Å². The van der Waals surface area contributed by atoms with Crippen LogP contribution >= 0.6 is 15.9 Å². The van der Waals surface area contributed by atoms with Gasteiger partial charge in [0, 0.05) is 11.5 Å². The van der Waals surface area contributed by atoms with E-state index in [0.29, 0.717) is 10.4 Å². The molecular weight excluding hydrogens is 375 g/mol. The molecule has 0 saturated heterocycles. The fourth-order valence-electron chi connectivity index (χ4n) is 3.43. The Kier molecular flexibility index (Phi) is 3.90. The Morgan fingerprint density at radius 3 is 2.52 bits per heavy atom. The van der Waals surface area contributed by atoms with Crippen LogP contribution in [0.2, 0.25) is 0 Å². The van der Waals surface area contributed by atoms with Crippen LogP contribution in [0, 0.1) is 5.92 Å². The summed E-state index contributed by atoms with van der Waals surface area (Å²) in [6.07, 6.45) is -1.50. The fraction of sp³-hybridized carbons (Fsp3) is 0.467. The quantitative estimate of drug-likeness (QED) is 0.789. The highest BCUT2D eigenvalue weighted by molar-refractivity contribution is 9.10. The van der Waals surface area contributed by atoms with Crippen molar-refractivity contribution in [1.82, 2.24) is 14.8 Å². The van der Waals surface area contributed by atoms with Gasteiger partial charge in [-0.15, -0.1) is 23.4 Å². The summed E-state index contributed by atoms with van der Waals surface area (Å²) in [6.45, 7) is 2.11. The van der Waals surface area contributed by atoms with E-state index in [1.165, 1.54) is 12.1 Å². The lowest BCUT2D eigenvalue weighted by molar-refractivity contribution is -0.274. The second-order valence-electron chi connectivity index (χ2n) is 6.08. The molecule has 0 bridgehead atoms. The topological polar surface area (TPSA) is 39.9 Å². The zero-order chi connectivity index (χ0) is 16.8. The van der Waals surface area contributed by atoms with Gasteiger partial charge in [-0.25, -0.2) is 0 Å². The summed E-state index contributed by atoms with van der Waals surface area (Å²) >= 11 is 3.27. The fourth-order valence-corrected chi connectivity index (χ4v) is 3.90. The molecule has 0 unspecified atom stereocenters. The lowest BCUT2D eigenvalue weighted by Crippen LogP contribution is -2.43. The standard InChI is InChI=1S/C15H15BrF3N3O/c1-9-6-14(7-9,13-21-20-8-22(13)2)10-3-11(16)5-12(4-10)23-15(17,18)19/h3-5,8-9H,6-7H2,1-2H3. The van der Waals surface area contributed by atoms with Crippen molar-refractivity contribution in [2.75, 3.05) is 0 Å². The van der Waals surface area contributed by atoms with Gasteiger partial charge in [0.1, 0.15) is 17.9 Å². The second-order valence-corrected chi connectivity index (χ2v) is 7.00. The van der Waals surface area contributed by atoms with Gasteiger partial charge < -0.3 is 9.30 Å². The number of aryl methyl sites for hydroxylation is 1. The molecule has 23 heavy (non-hydrogen) atoms. The van der Waals surface area contributed by atoms with Crippen molar-refractivity contribution in [3.63, 3.8) is 0 Å². The highest BCUT2D eigenvalue weighted by Gasteiger charge is 2.48. The second kappa shape index (κ2) is 5.51. The molecule has 0 amide bonds. The largest absolute Gasteiger partial charge is 0.573 e. The van der Waals surface area contributed by atoms with Crippen LogP contribution in [0.15, 0.2) is 29.0 Å². The molecule has 1 aliphatic rings. The highest BCUT2D eigenvalue weighted by Crippen LogP contribution is 2.52. The molecule has 3 rings (SSSR count). The van der Waals surface area contributed by atoms with Crippen LogP contribution in [-0.4, -0.2) is 21.1 Å². The van der Waals surface area contributed by atoms with Crippen molar-refractivity contribution in [2.45, 2.75) is 31.5 Å². The number of aromatic nitrogens is 3. The third-order valence-corrected chi connectivity index (χ3v) is 4.65. The van der Waals surface area contributed by atoms with Crippen molar-refractivity contribution in [1.29, 1.82) is 0 Å². The van der Waals surface area contributed by atoms with E-state index in [1.54, 1.807) is 6.33 Å². The number of nitrogens with zero attached hydrogens (tertiary/aromatic N) is 3. The number of hydrogen-bond donors (Lipinski definition) is 0. The predicted octanol–water partition coefficient (Wildman–Crippen LogP) is 4.19. The van der Waals surface area contributed by atoms with Gasteiger partial charge in [0.15, 0.2) is 0 Å². The normalized spacial score (nSPS) is 24.3. The van der Waals surface area contributed by atoms with Crippen molar-refractivity contribution >= 4 is 15.9 Å². The molecule has 4 nitrogen and oxygen atoms in total. The summed E-state index contributed by atoms with van der Waals surface area (Å²) in [4.78, 5) is 0. The Hall–Kier alpha value is -1.57. The first-order valence-corrected chi connectivity index (χ1v) is 7.90. The van der Waals surface area contributed by atoms with Crippen LogP contribution in [-0.2, 0) is 12.5 Å². The number of ether oxygens (including phenoxy) is 1. The first kappa shape index (κ1) is 16.3. The van der Waals surface area contributed by atoms with Crippen LogP contribution < -0.4 is 4.74 Å². The molecule has 124 valence electrons. The number of hydrogen-bond acceptors (Lipinski definition) is 3. The van der Waals surface area contributed by atoms with Gasteiger partial charge in [-0.2, -0.15) is 0 Å². The van der Waals surface area contributed by atoms with Crippen LogP contribution in [0.3, 0.4) is 0 Å². The Balaban J connectivity index is 2.06. The molecule has 0 atom stereocenters. The maximum atomic E-state index is 12.5. The summed E-state index contributed by atoms with van der Waals surface area (Å²) in [7, 11) is 1.84. The summed E-state index contributed by atoms with van der Waals surface area (Å²) in [5, 5.41) is 8.10.